The molecule has 1 aromatic heterocycles. The van der Waals surface area contributed by atoms with E-state index < -0.39 is 17.5 Å². The number of carbonyl (C=O) groups excluding carboxylic acids is 1. The second-order valence-corrected chi connectivity index (χ2v) is 5.79. The van der Waals surface area contributed by atoms with Crippen molar-refractivity contribution in [3.63, 3.8) is 0 Å². The molecule has 23 heavy (non-hydrogen) atoms. The van der Waals surface area contributed by atoms with Crippen LogP contribution in [0.3, 0.4) is 0 Å². The normalized spacial score (nSPS) is 20.7. The molecule has 2 unspecified atom stereocenters. The molecule has 1 fully saturated rings. The molecule has 2 aromatic rings. The fourth-order valence-corrected chi connectivity index (χ4v) is 2.88. The topological polar surface area (TPSA) is 81.1 Å². The van der Waals surface area contributed by atoms with Crippen LogP contribution in [-0.2, 0) is 0 Å². The van der Waals surface area contributed by atoms with Crippen LogP contribution in [0.25, 0.3) is 11.3 Å². The average molecular weight is 321 g/mol. The standard InChI is InChI=1S/C16H17F2N3O2/c17-10-2-4-13(18)12(6-10)14-7-15(23-21-14)16(22)20-11-3-1-9(5-11)8-19/h2,4,6-7,9,11H,1,3,5,8,19H2,(H,20,22). The molecule has 0 bridgehead atoms. The highest BCUT2D eigenvalue weighted by Crippen LogP contribution is 2.26. The third-order valence-electron chi connectivity index (χ3n) is 4.15. The molecule has 1 aromatic carbocycles. The molecule has 2 atom stereocenters. The molecular weight excluding hydrogens is 304 g/mol. The lowest BCUT2D eigenvalue weighted by Crippen LogP contribution is -2.33. The first kappa shape index (κ1) is 15.6. The van der Waals surface area contributed by atoms with Crippen molar-refractivity contribution in [3.05, 3.63) is 41.7 Å². The minimum absolute atomic E-state index is 0.0279. The maximum absolute atomic E-state index is 13.7. The molecule has 5 nitrogen and oxygen atoms in total. The van der Waals surface area contributed by atoms with Crippen molar-refractivity contribution in [1.29, 1.82) is 0 Å². The molecule has 0 spiro atoms. The number of nitrogens with zero attached hydrogens (tertiary/aromatic N) is 1. The Morgan fingerprint density at radius 2 is 2.17 bits per heavy atom. The van der Waals surface area contributed by atoms with Crippen molar-refractivity contribution in [1.82, 2.24) is 10.5 Å². The Morgan fingerprint density at radius 3 is 2.91 bits per heavy atom. The van der Waals surface area contributed by atoms with E-state index in [0.717, 1.165) is 37.5 Å². The number of hydrogen-bond acceptors (Lipinski definition) is 4. The largest absolute Gasteiger partial charge is 0.350 e. The van der Waals surface area contributed by atoms with E-state index in [0.29, 0.717) is 12.5 Å². The van der Waals surface area contributed by atoms with Gasteiger partial charge in [0.25, 0.3) is 5.91 Å². The molecule has 1 aliphatic rings. The summed E-state index contributed by atoms with van der Waals surface area (Å²) in [6.07, 6.45) is 2.69. The Hall–Kier alpha value is -2.28. The molecule has 3 rings (SSSR count). The van der Waals surface area contributed by atoms with Gasteiger partial charge in [-0.1, -0.05) is 5.16 Å². The highest BCUT2D eigenvalue weighted by Gasteiger charge is 2.26. The summed E-state index contributed by atoms with van der Waals surface area (Å²) in [4.78, 5) is 12.1. The van der Waals surface area contributed by atoms with Gasteiger partial charge in [-0.25, -0.2) is 8.78 Å². The first-order valence-corrected chi connectivity index (χ1v) is 7.50. The lowest BCUT2D eigenvalue weighted by molar-refractivity contribution is 0.0900. The lowest BCUT2D eigenvalue weighted by Gasteiger charge is -2.11. The second-order valence-electron chi connectivity index (χ2n) is 5.79. The Labute approximate surface area is 131 Å². The molecule has 0 saturated heterocycles. The quantitative estimate of drug-likeness (QED) is 0.906. The number of rotatable bonds is 4. The number of hydrogen-bond donors (Lipinski definition) is 2. The zero-order chi connectivity index (χ0) is 16.4. The maximum atomic E-state index is 13.7. The van der Waals surface area contributed by atoms with Crippen molar-refractivity contribution in [3.8, 4) is 11.3 Å². The number of benzene rings is 1. The summed E-state index contributed by atoms with van der Waals surface area (Å²) in [7, 11) is 0. The highest BCUT2D eigenvalue weighted by molar-refractivity contribution is 5.92. The van der Waals surface area contributed by atoms with Crippen molar-refractivity contribution in [2.45, 2.75) is 25.3 Å². The monoisotopic (exact) mass is 321 g/mol. The molecule has 1 aliphatic carbocycles. The van der Waals surface area contributed by atoms with E-state index in [1.165, 1.54) is 6.07 Å². The Balaban J connectivity index is 1.71. The minimum Gasteiger partial charge on any atom is -0.350 e. The van der Waals surface area contributed by atoms with Gasteiger partial charge in [-0.3, -0.25) is 4.79 Å². The number of amides is 1. The second kappa shape index (κ2) is 6.45. The predicted octanol–water partition coefficient (Wildman–Crippen LogP) is 2.48. The number of carbonyl (C=O) groups is 1. The third-order valence-corrected chi connectivity index (χ3v) is 4.15. The number of halogens is 2. The van der Waals surface area contributed by atoms with Gasteiger partial charge in [-0.05, 0) is 49.9 Å². The van der Waals surface area contributed by atoms with Gasteiger partial charge in [-0.15, -0.1) is 0 Å². The van der Waals surface area contributed by atoms with E-state index in [1.807, 2.05) is 0 Å². The van der Waals surface area contributed by atoms with E-state index in [4.69, 9.17) is 10.3 Å². The molecule has 0 radical (unpaired) electrons. The summed E-state index contributed by atoms with van der Waals surface area (Å²) in [6.45, 7) is 0.609. The number of aromatic nitrogens is 1. The van der Waals surface area contributed by atoms with Crippen LogP contribution >= 0.6 is 0 Å². The summed E-state index contributed by atoms with van der Waals surface area (Å²) in [5.74, 6) is -1.24. The van der Waals surface area contributed by atoms with Crippen LogP contribution in [0.15, 0.2) is 28.8 Å². The molecule has 122 valence electrons. The fraction of sp³-hybridized carbons (Fsp3) is 0.375. The molecule has 1 saturated carbocycles. The van der Waals surface area contributed by atoms with Gasteiger partial charge in [0.1, 0.15) is 17.3 Å². The minimum atomic E-state index is -0.631. The van der Waals surface area contributed by atoms with Gasteiger partial charge in [0.05, 0.1) is 0 Å². The van der Waals surface area contributed by atoms with Crippen LogP contribution in [0.2, 0.25) is 0 Å². The van der Waals surface area contributed by atoms with Crippen molar-refractivity contribution >= 4 is 5.91 Å². The van der Waals surface area contributed by atoms with Crippen LogP contribution in [0.4, 0.5) is 8.78 Å². The zero-order valence-corrected chi connectivity index (χ0v) is 12.4. The Morgan fingerprint density at radius 1 is 1.35 bits per heavy atom. The summed E-state index contributed by atoms with van der Waals surface area (Å²) < 4.78 is 31.9. The first-order chi connectivity index (χ1) is 11.1. The predicted molar refractivity (Wildman–Crippen MR) is 79.5 cm³/mol. The molecule has 1 heterocycles. The summed E-state index contributed by atoms with van der Waals surface area (Å²) >= 11 is 0. The highest BCUT2D eigenvalue weighted by atomic mass is 19.1. The summed E-state index contributed by atoms with van der Waals surface area (Å²) in [5, 5.41) is 6.51. The molecular formula is C16H17F2N3O2. The van der Waals surface area contributed by atoms with Crippen LogP contribution in [-0.4, -0.2) is 23.7 Å². The van der Waals surface area contributed by atoms with Crippen LogP contribution in [0.5, 0.6) is 0 Å². The Kier molecular flexibility index (Phi) is 4.38. The summed E-state index contributed by atoms with van der Waals surface area (Å²) in [5.41, 5.74) is 5.66. The Bertz CT molecular complexity index is 717. The lowest BCUT2D eigenvalue weighted by atomic mass is 10.1. The average Bonchev–Trinajstić information content (AvgIpc) is 3.18. The van der Waals surface area contributed by atoms with Crippen molar-refractivity contribution in [2.24, 2.45) is 11.7 Å². The van der Waals surface area contributed by atoms with Crippen molar-refractivity contribution in [2.75, 3.05) is 6.54 Å². The van der Waals surface area contributed by atoms with Crippen molar-refractivity contribution < 1.29 is 18.1 Å². The van der Waals surface area contributed by atoms with Crippen LogP contribution in [0, 0.1) is 17.6 Å². The molecule has 7 heteroatoms. The zero-order valence-electron chi connectivity index (χ0n) is 12.4. The van der Waals surface area contributed by atoms with Gasteiger partial charge in [0.15, 0.2) is 0 Å². The fourth-order valence-electron chi connectivity index (χ4n) is 2.88. The number of nitrogens with two attached hydrogens (primary N) is 1. The van der Waals surface area contributed by atoms with Gasteiger partial charge >= 0.3 is 0 Å². The van der Waals surface area contributed by atoms with Gasteiger partial charge in [0.2, 0.25) is 5.76 Å². The van der Waals surface area contributed by atoms with Gasteiger partial charge in [0, 0.05) is 17.7 Å². The van der Waals surface area contributed by atoms with E-state index in [2.05, 4.69) is 10.5 Å². The SMILES string of the molecule is NCC1CCC(NC(=O)c2cc(-c3cc(F)ccc3F)no2)C1. The van der Waals surface area contributed by atoms with Crippen LogP contribution < -0.4 is 11.1 Å². The van der Waals surface area contributed by atoms with E-state index in [9.17, 15) is 13.6 Å². The number of nitrogens with one attached hydrogen (secondary N) is 1. The van der Waals surface area contributed by atoms with Crippen LogP contribution in [0.1, 0.15) is 29.8 Å². The van der Waals surface area contributed by atoms with E-state index in [1.54, 1.807) is 0 Å². The smallest absolute Gasteiger partial charge is 0.290 e. The third kappa shape index (κ3) is 3.39. The van der Waals surface area contributed by atoms with Gasteiger partial charge < -0.3 is 15.6 Å². The maximum Gasteiger partial charge on any atom is 0.290 e. The van der Waals surface area contributed by atoms with Gasteiger partial charge in [-0.2, -0.15) is 0 Å². The summed E-state index contributed by atoms with van der Waals surface area (Å²) in [6, 6.07) is 4.39. The molecule has 3 N–H and O–H groups in total. The van der Waals surface area contributed by atoms with E-state index >= 15 is 0 Å². The van der Waals surface area contributed by atoms with E-state index in [-0.39, 0.29) is 23.1 Å². The molecule has 1 amide bonds. The first-order valence-electron chi connectivity index (χ1n) is 7.50. The molecule has 0 aliphatic heterocycles.